The number of unbranched alkanes of at least 4 members (excludes halogenated alkanes) is 1. The minimum Gasteiger partial charge on any atom is -0.369 e. The summed E-state index contributed by atoms with van der Waals surface area (Å²) in [5.41, 5.74) is 6.53. The fraction of sp³-hybridized carbons (Fsp3) is 0.583. The molecule has 6 heteroatoms. The fourth-order valence-corrected chi connectivity index (χ4v) is 2.18. The van der Waals surface area contributed by atoms with E-state index in [0.29, 0.717) is 12.8 Å². The average Bonchev–Trinajstić information content (AvgIpc) is 2.31. The second-order valence-electron chi connectivity index (χ2n) is 4.17. The van der Waals surface area contributed by atoms with E-state index < -0.39 is 0 Å². The van der Waals surface area contributed by atoms with Gasteiger partial charge in [-0.25, -0.2) is 4.98 Å². The maximum absolute atomic E-state index is 11.0. The molecule has 0 saturated carbocycles. The third kappa shape index (κ3) is 4.75. The van der Waals surface area contributed by atoms with Crippen LogP contribution in [-0.2, 0) is 11.2 Å². The van der Waals surface area contributed by atoms with Crippen LogP contribution in [0.2, 0.25) is 0 Å². The van der Waals surface area contributed by atoms with E-state index in [2.05, 4.69) is 44.8 Å². The van der Waals surface area contributed by atoms with Gasteiger partial charge in [-0.2, -0.15) is 4.98 Å². The van der Waals surface area contributed by atoms with Gasteiger partial charge in [0.15, 0.2) is 0 Å². The molecule has 18 heavy (non-hydrogen) atoms. The number of nitrogens with two attached hydrogens (primary N) is 1. The van der Waals surface area contributed by atoms with Crippen molar-refractivity contribution in [3.05, 3.63) is 9.26 Å². The molecular formula is C12H19IN4O. The molecule has 0 aliphatic heterocycles. The summed E-state index contributed by atoms with van der Waals surface area (Å²) in [4.78, 5) is 19.4. The lowest BCUT2D eigenvalue weighted by molar-refractivity contribution is -0.117. The van der Waals surface area contributed by atoms with E-state index >= 15 is 0 Å². The third-order valence-corrected chi connectivity index (χ3v) is 3.61. The Morgan fingerprint density at radius 1 is 1.44 bits per heavy atom. The van der Waals surface area contributed by atoms with Crippen LogP contribution in [0.15, 0.2) is 0 Å². The highest BCUT2D eigenvalue weighted by Gasteiger charge is 2.11. The summed E-state index contributed by atoms with van der Waals surface area (Å²) in [7, 11) is 0. The van der Waals surface area contributed by atoms with Crippen molar-refractivity contribution in [2.24, 2.45) is 0 Å². The number of rotatable bonds is 7. The Morgan fingerprint density at radius 2 is 2.17 bits per heavy atom. The Kier molecular flexibility index (Phi) is 6.31. The number of nitrogens with one attached hydrogen (secondary N) is 1. The first kappa shape index (κ1) is 15.1. The number of nitrogen functional groups attached to an aromatic ring is 1. The summed E-state index contributed by atoms with van der Waals surface area (Å²) < 4.78 is 0.958. The summed E-state index contributed by atoms with van der Waals surface area (Å²) in [5.74, 6) is 1.19. The minimum absolute atomic E-state index is 0.156. The molecule has 0 radical (unpaired) electrons. The Morgan fingerprint density at radius 3 is 2.78 bits per heavy atom. The first-order valence-corrected chi connectivity index (χ1v) is 7.17. The number of aryl methyl sites for hydroxylation is 1. The van der Waals surface area contributed by atoms with Gasteiger partial charge in [-0.1, -0.05) is 13.3 Å². The Balaban J connectivity index is 2.81. The first-order valence-electron chi connectivity index (χ1n) is 6.09. The van der Waals surface area contributed by atoms with Crippen LogP contribution in [-0.4, -0.2) is 22.3 Å². The van der Waals surface area contributed by atoms with Crippen LogP contribution >= 0.6 is 22.6 Å². The second kappa shape index (κ2) is 7.50. The highest BCUT2D eigenvalue weighted by Crippen LogP contribution is 2.21. The number of carbonyl (C=O) groups excluding carboxylic acids is 1. The molecule has 0 aliphatic carbocycles. The molecule has 0 saturated heterocycles. The molecule has 5 nitrogen and oxygen atoms in total. The van der Waals surface area contributed by atoms with E-state index in [1.54, 1.807) is 6.92 Å². The van der Waals surface area contributed by atoms with Crippen molar-refractivity contribution in [3.8, 4) is 0 Å². The summed E-state index contributed by atoms with van der Waals surface area (Å²) in [6.45, 7) is 4.59. The van der Waals surface area contributed by atoms with Gasteiger partial charge in [0.25, 0.3) is 0 Å². The van der Waals surface area contributed by atoms with Gasteiger partial charge in [0.2, 0.25) is 5.95 Å². The van der Waals surface area contributed by atoms with Crippen molar-refractivity contribution in [2.75, 3.05) is 17.6 Å². The number of anilines is 2. The topological polar surface area (TPSA) is 80.9 Å². The summed E-state index contributed by atoms with van der Waals surface area (Å²) in [5, 5.41) is 3.26. The maximum atomic E-state index is 11.0. The van der Waals surface area contributed by atoms with Crippen molar-refractivity contribution in [2.45, 2.75) is 39.5 Å². The van der Waals surface area contributed by atoms with Crippen LogP contribution in [0.5, 0.6) is 0 Å². The SMILES string of the molecule is CCCCNc1nc(N)nc(CCC(C)=O)c1I. The van der Waals surface area contributed by atoms with Crippen LogP contribution < -0.4 is 11.1 Å². The first-order chi connectivity index (χ1) is 8.54. The molecule has 1 aromatic rings. The predicted octanol–water partition coefficient (Wildman–Crippen LogP) is 2.40. The highest BCUT2D eigenvalue weighted by atomic mass is 127. The smallest absolute Gasteiger partial charge is 0.222 e. The lowest BCUT2D eigenvalue weighted by Gasteiger charge is -2.11. The monoisotopic (exact) mass is 362 g/mol. The number of hydrogen-bond donors (Lipinski definition) is 2. The van der Waals surface area contributed by atoms with Gasteiger partial charge in [0.05, 0.1) is 9.26 Å². The predicted molar refractivity (Wildman–Crippen MR) is 81.6 cm³/mol. The van der Waals surface area contributed by atoms with Gasteiger partial charge >= 0.3 is 0 Å². The van der Waals surface area contributed by atoms with E-state index in [1.807, 2.05) is 0 Å². The summed E-state index contributed by atoms with van der Waals surface area (Å²) >= 11 is 2.20. The van der Waals surface area contributed by atoms with Gasteiger partial charge < -0.3 is 15.8 Å². The van der Waals surface area contributed by atoms with Crippen LogP contribution in [0.25, 0.3) is 0 Å². The summed E-state index contributed by atoms with van der Waals surface area (Å²) in [6, 6.07) is 0. The zero-order chi connectivity index (χ0) is 13.5. The minimum atomic E-state index is 0.156. The second-order valence-corrected chi connectivity index (χ2v) is 5.25. The Bertz CT molecular complexity index is 423. The molecular weight excluding hydrogens is 343 g/mol. The average molecular weight is 362 g/mol. The highest BCUT2D eigenvalue weighted by molar-refractivity contribution is 14.1. The molecule has 0 amide bonds. The Hall–Kier alpha value is -0.920. The molecule has 0 aromatic carbocycles. The lowest BCUT2D eigenvalue weighted by atomic mass is 10.2. The molecule has 3 N–H and O–H groups in total. The number of ketones is 1. The number of carbonyl (C=O) groups is 1. The molecule has 1 heterocycles. The van der Waals surface area contributed by atoms with Crippen LogP contribution in [0.3, 0.4) is 0 Å². The van der Waals surface area contributed by atoms with Crippen molar-refractivity contribution in [3.63, 3.8) is 0 Å². The molecule has 0 aliphatic rings. The quantitative estimate of drug-likeness (QED) is 0.575. The van der Waals surface area contributed by atoms with Gasteiger partial charge in [-0.3, -0.25) is 0 Å². The number of Topliss-reactive ketones (excluding diaryl/α,β-unsaturated/α-hetero) is 1. The fourth-order valence-electron chi connectivity index (χ4n) is 1.47. The van der Waals surface area contributed by atoms with Crippen molar-refractivity contribution in [1.29, 1.82) is 0 Å². The van der Waals surface area contributed by atoms with Crippen molar-refractivity contribution < 1.29 is 4.79 Å². The number of nitrogens with zero attached hydrogens (tertiary/aromatic N) is 2. The molecule has 0 spiro atoms. The molecule has 1 aromatic heterocycles. The summed E-state index contributed by atoms with van der Waals surface area (Å²) in [6.07, 6.45) is 3.31. The van der Waals surface area contributed by atoms with E-state index in [9.17, 15) is 4.79 Å². The van der Waals surface area contributed by atoms with Crippen molar-refractivity contribution >= 4 is 40.1 Å². The zero-order valence-corrected chi connectivity index (χ0v) is 13.0. The van der Waals surface area contributed by atoms with Gasteiger partial charge in [0, 0.05) is 13.0 Å². The van der Waals surface area contributed by atoms with Gasteiger partial charge in [-0.05, 0) is 42.4 Å². The zero-order valence-electron chi connectivity index (χ0n) is 10.8. The molecule has 0 bridgehead atoms. The van der Waals surface area contributed by atoms with Crippen LogP contribution in [0.4, 0.5) is 11.8 Å². The molecule has 1 rings (SSSR count). The number of halogens is 1. The lowest BCUT2D eigenvalue weighted by Crippen LogP contribution is -2.11. The van der Waals surface area contributed by atoms with E-state index in [-0.39, 0.29) is 11.7 Å². The number of aromatic nitrogens is 2. The molecule has 100 valence electrons. The standard InChI is InChI=1S/C12H19IN4O/c1-3-4-7-15-11-10(13)9(6-5-8(2)18)16-12(14)17-11/h3-7H2,1-2H3,(H3,14,15,16,17). The van der Waals surface area contributed by atoms with Crippen molar-refractivity contribution in [1.82, 2.24) is 9.97 Å². The van der Waals surface area contributed by atoms with E-state index in [4.69, 9.17) is 5.73 Å². The Labute approximate surface area is 121 Å². The van der Waals surface area contributed by atoms with E-state index in [0.717, 1.165) is 34.5 Å². The molecule has 0 atom stereocenters. The van der Waals surface area contributed by atoms with Crippen LogP contribution in [0, 0.1) is 3.57 Å². The third-order valence-electron chi connectivity index (χ3n) is 2.47. The van der Waals surface area contributed by atoms with Gasteiger partial charge in [0.1, 0.15) is 11.6 Å². The van der Waals surface area contributed by atoms with Crippen LogP contribution in [0.1, 0.15) is 38.8 Å². The maximum Gasteiger partial charge on any atom is 0.222 e. The van der Waals surface area contributed by atoms with Gasteiger partial charge in [-0.15, -0.1) is 0 Å². The normalized spacial score (nSPS) is 10.4. The van der Waals surface area contributed by atoms with E-state index in [1.165, 1.54) is 0 Å². The molecule has 0 fully saturated rings. The molecule has 0 unspecified atom stereocenters. The number of hydrogen-bond acceptors (Lipinski definition) is 5. The largest absolute Gasteiger partial charge is 0.369 e.